The molecule has 2 unspecified atom stereocenters. The Kier molecular flexibility index (Phi) is 6.00. The first-order chi connectivity index (χ1) is 22.3. The molecular formula is C41H29N3O. The summed E-state index contributed by atoms with van der Waals surface area (Å²) in [6.07, 6.45) is -0.381. The summed E-state index contributed by atoms with van der Waals surface area (Å²) < 4.78 is 6.69. The predicted octanol–water partition coefficient (Wildman–Crippen LogP) is 9.90. The van der Waals surface area contributed by atoms with Crippen LogP contribution in [0.4, 0.5) is 0 Å². The van der Waals surface area contributed by atoms with Crippen LogP contribution in [0, 0.1) is 0 Å². The molecule has 0 fully saturated rings. The minimum atomic E-state index is -0.237. The van der Waals surface area contributed by atoms with Crippen LogP contribution in [-0.2, 0) is 0 Å². The molecule has 2 heterocycles. The van der Waals surface area contributed by atoms with Crippen molar-refractivity contribution >= 4 is 49.3 Å². The van der Waals surface area contributed by atoms with Gasteiger partial charge in [-0.15, -0.1) is 0 Å². The lowest BCUT2D eigenvalue weighted by atomic mass is 9.93. The van der Waals surface area contributed by atoms with Gasteiger partial charge in [0.05, 0.1) is 0 Å². The van der Waals surface area contributed by atoms with Crippen LogP contribution in [0.15, 0.2) is 161 Å². The first-order valence-corrected chi connectivity index (χ1v) is 15.4. The maximum atomic E-state index is 6.69. The van der Waals surface area contributed by atoms with Gasteiger partial charge in [0, 0.05) is 16.3 Å². The van der Waals surface area contributed by atoms with Crippen LogP contribution in [0.3, 0.4) is 0 Å². The van der Waals surface area contributed by atoms with E-state index in [1.54, 1.807) is 0 Å². The molecule has 0 saturated carbocycles. The third kappa shape index (κ3) is 4.38. The fourth-order valence-electron chi connectivity index (χ4n) is 6.80. The molecule has 2 N–H and O–H groups in total. The standard InChI is InChI=1S/C41H29N3O/c1-3-14-28(15-4-1)39-42-40(29-16-5-2-6-17-29)44-41(43-39)34-24-30(32-21-11-18-26-12-7-9-19-31(26)32)25-36-38(34)37-33-20-10-8-13-27(33)22-23-35(37)45-36/h1-25,39-40,42H,(H,43,44). The number of hydrogen-bond donors (Lipinski definition) is 2. The van der Waals surface area contributed by atoms with Gasteiger partial charge in [-0.3, -0.25) is 5.32 Å². The Bertz CT molecular complexity index is 2390. The molecule has 0 spiro atoms. The van der Waals surface area contributed by atoms with Crippen LogP contribution in [0.25, 0.3) is 54.6 Å². The maximum absolute atomic E-state index is 6.69. The first-order valence-electron chi connectivity index (χ1n) is 15.4. The van der Waals surface area contributed by atoms with E-state index in [4.69, 9.17) is 9.41 Å². The summed E-state index contributed by atoms with van der Waals surface area (Å²) >= 11 is 0. The topological polar surface area (TPSA) is 49.6 Å². The number of benzene rings is 7. The molecule has 1 aliphatic heterocycles. The van der Waals surface area contributed by atoms with Crippen molar-refractivity contribution in [3.8, 4) is 11.1 Å². The molecule has 4 nitrogen and oxygen atoms in total. The van der Waals surface area contributed by atoms with E-state index in [0.717, 1.165) is 55.6 Å². The minimum absolute atomic E-state index is 0.143. The summed E-state index contributed by atoms with van der Waals surface area (Å²) in [5.74, 6) is 0.833. The zero-order valence-electron chi connectivity index (χ0n) is 24.4. The highest BCUT2D eigenvalue weighted by Gasteiger charge is 2.28. The number of rotatable bonds is 4. The fourth-order valence-corrected chi connectivity index (χ4v) is 6.80. The summed E-state index contributed by atoms with van der Waals surface area (Å²) in [7, 11) is 0. The molecule has 9 rings (SSSR count). The second-order valence-corrected chi connectivity index (χ2v) is 11.6. The number of amidine groups is 1. The van der Waals surface area contributed by atoms with Crippen molar-refractivity contribution in [1.29, 1.82) is 0 Å². The van der Waals surface area contributed by atoms with E-state index < -0.39 is 0 Å². The lowest BCUT2D eigenvalue weighted by Gasteiger charge is -2.32. The SMILES string of the molecule is c1ccc(C2N=C(c3cc(-c4cccc5ccccc45)cc4oc5ccc6ccccc6c5c34)NC(c3ccccc3)N2)cc1. The third-order valence-corrected chi connectivity index (χ3v) is 8.93. The molecule has 8 aromatic rings. The molecule has 7 aromatic carbocycles. The van der Waals surface area contributed by atoms with E-state index in [1.165, 1.54) is 21.5 Å². The minimum Gasteiger partial charge on any atom is -0.456 e. The highest BCUT2D eigenvalue weighted by molar-refractivity contribution is 6.25. The van der Waals surface area contributed by atoms with Gasteiger partial charge in [0.1, 0.15) is 29.3 Å². The quantitative estimate of drug-likeness (QED) is 0.218. The van der Waals surface area contributed by atoms with Gasteiger partial charge < -0.3 is 9.73 Å². The van der Waals surface area contributed by atoms with E-state index in [-0.39, 0.29) is 12.3 Å². The summed E-state index contributed by atoms with van der Waals surface area (Å²) in [5.41, 5.74) is 7.25. The first kappa shape index (κ1) is 25.8. The Hall–Kier alpha value is -5.71. The normalized spacial score (nSPS) is 16.7. The van der Waals surface area contributed by atoms with Gasteiger partial charge in [-0.2, -0.15) is 0 Å². The van der Waals surface area contributed by atoms with Gasteiger partial charge in [0.25, 0.3) is 0 Å². The highest BCUT2D eigenvalue weighted by Crippen LogP contribution is 2.41. The smallest absolute Gasteiger partial charge is 0.136 e. The number of hydrogen-bond acceptors (Lipinski definition) is 4. The molecule has 45 heavy (non-hydrogen) atoms. The summed E-state index contributed by atoms with van der Waals surface area (Å²) in [6.45, 7) is 0. The average Bonchev–Trinajstić information content (AvgIpc) is 3.51. The largest absolute Gasteiger partial charge is 0.456 e. The van der Waals surface area contributed by atoms with Gasteiger partial charge in [-0.1, -0.05) is 133 Å². The van der Waals surface area contributed by atoms with Gasteiger partial charge in [0.15, 0.2) is 0 Å². The predicted molar refractivity (Wildman–Crippen MR) is 185 cm³/mol. The van der Waals surface area contributed by atoms with Crippen LogP contribution in [0.5, 0.6) is 0 Å². The van der Waals surface area contributed by atoms with E-state index >= 15 is 0 Å². The Morgan fingerprint density at radius 2 is 1.18 bits per heavy atom. The summed E-state index contributed by atoms with van der Waals surface area (Å²) in [5, 5.41) is 14.5. The number of fused-ring (bicyclic) bond motifs is 6. The number of furan rings is 1. The Balaban J connectivity index is 1.35. The van der Waals surface area contributed by atoms with Crippen molar-refractivity contribution in [3.05, 3.63) is 168 Å². The molecule has 1 aliphatic rings. The van der Waals surface area contributed by atoms with Gasteiger partial charge in [-0.05, 0) is 62.0 Å². The van der Waals surface area contributed by atoms with E-state index in [2.05, 4.69) is 156 Å². The maximum Gasteiger partial charge on any atom is 0.136 e. The molecule has 0 aliphatic carbocycles. The van der Waals surface area contributed by atoms with Crippen LogP contribution >= 0.6 is 0 Å². The van der Waals surface area contributed by atoms with Gasteiger partial charge in [0.2, 0.25) is 0 Å². The Morgan fingerprint density at radius 3 is 1.98 bits per heavy atom. The molecule has 214 valence electrons. The van der Waals surface area contributed by atoms with Crippen molar-refractivity contribution in [1.82, 2.24) is 10.6 Å². The summed E-state index contributed by atoms with van der Waals surface area (Å²) in [6, 6.07) is 53.3. The second-order valence-electron chi connectivity index (χ2n) is 11.6. The molecule has 0 amide bonds. The van der Waals surface area contributed by atoms with Crippen molar-refractivity contribution in [3.63, 3.8) is 0 Å². The van der Waals surface area contributed by atoms with E-state index in [1.807, 2.05) is 6.07 Å². The Labute approximate surface area is 260 Å². The van der Waals surface area contributed by atoms with Crippen LogP contribution in [-0.4, -0.2) is 5.84 Å². The molecule has 0 radical (unpaired) electrons. The van der Waals surface area contributed by atoms with Crippen molar-refractivity contribution in [2.24, 2.45) is 4.99 Å². The molecule has 1 aromatic heterocycles. The highest BCUT2D eigenvalue weighted by atomic mass is 16.3. The fraction of sp³-hybridized carbons (Fsp3) is 0.0488. The number of nitrogens with zero attached hydrogens (tertiary/aromatic N) is 1. The molecule has 4 heteroatoms. The molecule has 0 bridgehead atoms. The summed E-state index contributed by atoms with van der Waals surface area (Å²) in [4.78, 5) is 5.36. The third-order valence-electron chi connectivity index (χ3n) is 8.93. The zero-order valence-corrected chi connectivity index (χ0v) is 24.4. The Morgan fingerprint density at radius 1 is 0.511 bits per heavy atom. The second kappa shape index (κ2) is 10.5. The lowest BCUT2D eigenvalue weighted by molar-refractivity contribution is 0.409. The average molecular weight is 580 g/mol. The van der Waals surface area contributed by atoms with Crippen molar-refractivity contribution in [2.45, 2.75) is 12.3 Å². The van der Waals surface area contributed by atoms with Gasteiger partial charge >= 0.3 is 0 Å². The van der Waals surface area contributed by atoms with E-state index in [9.17, 15) is 0 Å². The molecule has 2 atom stereocenters. The van der Waals surface area contributed by atoms with Crippen molar-refractivity contribution < 1.29 is 4.42 Å². The van der Waals surface area contributed by atoms with Crippen molar-refractivity contribution in [2.75, 3.05) is 0 Å². The van der Waals surface area contributed by atoms with Gasteiger partial charge in [-0.25, -0.2) is 4.99 Å². The number of aliphatic imine (C=N–C) groups is 1. The zero-order chi connectivity index (χ0) is 29.7. The monoisotopic (exact) mass is 579 g/mol. The van der Waals surface area contributed by atoms with Crippen LogP contribution in [0.1, 0.15) is 29.0 Å². The molecular weight excluding hydrogens is 550 g/mol. The number of nitrogens with one attached hydrogen (secondary N) is 2. The van der Waals surface area contributed by atoms with E-state index in [0.29, 0.717) is 0 Å². The molecule has 0 saturated heterocycles. The lowest BCUT2D eigenvalue weighted by Crippen LogP contribution is -2.45. The van der Waals surface area contributed by atoms with Crippen LogP contribution in [0.2, 0.25) is 0 Å². The van der Waals surface area contributed by atoms with Crippen LogP contribution < -0.4 is 10.6 Å².